The standard InChI is InChI=1S/C51H56N8O13S3/c1-50(2,28-59-29-55-43-44(59)33-5-3-4-6-38(33)58-45(43)52)27-54-49(66)70-21-22-74-75-26-39(46(63)64)57-42(62)13-15-67-17-19-69-20-18-68-16-14-53-48(73)56-30-7-10-35-34(23-30)47(65)72-51(35)36-11-8-31(60)24-40(36)71-41-25-32(61)9-12-37(41)51/h3-12,23-25,29,39,60-61H,13-22,26-28H2,1-2H3,(H2,52,58)(H,54,66)(H,57,62)(H,63,64)(H2,53,56,73)/t39-/m0/s1. The van der Waals surface area contributed by atoms with E-state index in [-0.39, 0.29) is 67.0 Å². The van der Waals surface area contributed by atoms with Gasteiger partial charge >= 0.3 is 18.0 Å². The number of aromatic hydroxyl groups is 2. The Hall–Kier alpha value is -7.09. The smallest absolute Gasteiger partial charge is 0.407 e. The topological polar surface area (TPSA) is 289 Å². The molecule has 8 rings (SSSR count). The Morgan fingerprint density at radius 3 is 2.27 bits per heavy atom. The minimum Gasteiger partial charge on any atom is -0.508 e. The summed E-state index contributed by atoms with van der Waals surface area (Å²) in [5.41, 5.74) is 9.20. The predicted octanol–water partition coefficient (Wildman–Crippen LogP) is 6.28. The quantitative estimate of drug-likeness (QED) is 0.0136. The van der Waals surface area contributed by atoms with E-state index in [0.29, 0.717) is 89.6 Å². The Bertz CT molecular complexity index is 3030. The van der Waals surface area contributed by atoms with Crippen LogP contribution in [0.1, 0.15) is 47.3 Å². The SMILES string of the molecule is CC(C)(CNC(=O)OCCSSC[C@H](NC(=O)CCOCCOCCOCCNC(=S)Nc1ccc2c(c1)C(=O)OC21c2ccc(O)cc2Oc2cc(O)ccc21)C(=O)O)Cn1cnc2c(N)nc3ccccc3c21. The maximum absolute atomic E-state index is 13.4. The van der Waals surface area contributed by atoms with E-state index in [1.165, 1.54) is 45.9 Å². The number of nitrogen functional groups attached to an aromatic ring is 1. The molecule has 1 spiro atoms. The van der Waals surface area contributed by atoms with Gasteiger partial charge in [0.05, 0.1) is 62.6 Å². The number of hydrogen-bond acceptors (Lipinski definition) is 18. The van der Waals surface area contributed by atoms with E-state index in [1.807, 2.05) is 42.7 Å². The number of nitrogens with two attached hydrogens (primary N) is 1. The lowest BCUT2D eigenvalue weighted by Gasteiger charge is -2.36. The number of nitrogens with zero attached hydrogens (tertiary/aromatic N) is 3. The Labute approximate surface area is 443 Å². The monoisotopic (exact) mass is 1080 g/mol. The van der Waals surface area contributed by atoms with E-state index in [1.54, 1.807) is 36.7 Å². The lowest BCUT2D eigenvalue weighted by molar-refractivity contribution is -0.141. The summed E-state index contributed by atoms with van der Waals surface area (Å²) in [5.74, 6) is -0.815. The van der Waals surface area contributed by atoms with Crippen LogP contribution >= 0.6 is 33.8 Å². The van der Waals surface area contributed by atoms with Crippen molar-refractivity contribution in [3.8, 4) is 23.0 Å². The van der Waals surface area contributed by atoms with Gasteiger partial charge in [0.25, 0.3) is 0 Å². The number of carboxylic acids is 1. The number of esters is 1. The molecule has 0 saturated carbocycles. The number of carbonyl (C=O) groups excluding carboxylic acids is 3. The van der Waals surface area contributed by atoms with Gasteiger partial charge in [-0.05, 0) is 54.7 Å². The Morgan fingerprint density at radius 1 is 0.867 bits per heavy atom. The number of rotatable bonds is 25. The van der Waals surface area contributed by atoms with Crippen LogP contribution in [0.25, 0.3) is 21.9 Å². The number of carboxylic acid groups (broad SMARTS) is 1. The molecular weight excluding hydrogens is 1030 g/mol. The molecule has 4 heterocycles. The number of aliphatic carboxylic acids is 1. The van der Waals surface area contributed by atoms with Crippen molar-refractivity contribution >= 4 is 96.3 Å². The number of para-hydroxylation sites is 1. The predicted molar refractivity (Wildman–Crippen MR) is 286 cm³/mol. The van der Waals surface area contributed by atoms with Crippen molar-refractivity contribution in [2.24, 2.45) is 5.41 Å². The minimum absolute atomic E-state index is 0.0325. The van der Waals surface area contributed by atoms with E-state index in [2.05, 4.69) is 31.2 Å². The number of carbonyl (C=O) groups is 4. The maximum atomic E-state index is 13.4. The van der Waals surface area contributed by atoms with Gasteiger partial charge in [0.15, 0.2) is 16.5 Å². The number of hydrogen-bond donors (Lipinski definition) is 8. The minimum atomic E-state index is -1.37. The van der Waals surface area contributed by atoms with Crippen LogP contribution in [-0.2, 0) is 45.4 Å². The van der Waals surface area contributed by atoms with Gasteiger partial charge < -0.3 is 75.3 Å². The zero-order chi connectivity index (χ0) is 53.1. The summed E-state index contributed by atoms with van der Waals surface area (Å²) in [7, 11) is 2.58. The molecular formula is C51H56N8O13S3. The van der Waals surface area contributed by atoms with Crippen molar-refractivity contribution in [3.05, 3.63) is 107 Å². The maximum Gasteiger partial charge on any atom is 0.407 e. The second-order valence-corrected chi connectivity index (χ2v) is 21.1. The highest BCUT2D eigenvalue weighted by Crippen LogP contribution is 2.57. The zero-order valence-corrected chi connectivity index (χ0v) is 43.4. The van der Waals surface area contributed by atoms with E-state index in [0.717, 1.165) is 16.4 Å². The summed E-state index contributed by atoms with van der Waals surface area (Å²) in [6.45, 7) is 6.91. The zero-order valence-electron chi connectivity index (χ0n) is 40.9. The molecule has 396 valence electrons. The number of imidazole rings is 1. The molecule has 1 atom stereocenters. The number of amides is 2. The number of pyridine rings is 1. The van der Waals surface area contributed by atoms with Crippen molar-refractivity contribution in [3.63, 3.8) is 0 Å². The number of phenols is 2. The first-order valence-electron chi connectivity index (χ1n) is 23.8. The average Bonchev–Trinajstić information content (AvgIpc) is 3.98. The molecule has 21 nitrogen and oxygen atoms in total. The van der Waals surface area contributed by atoms with Crippen LogP contribution in [0.3, 0.4) is 0 Å². The normalized spacial score (nSPS) is 13.5. The van der Waals surface area contributed by atoms with Gasteiger partial charge in [-0.25, -0.2) is 24.4 Å². The van der Waals surface area contributed by atoms with Crippen molar-refractivity contribution in [1.82, 2.24) is 30.5 Å². The first kappa shape index (κ1) is 54.2. The molecule has 75 heavy (non-hydrogen) atoms. The molecule has 0 unspecified atom stereocenters. The van der Waals surface area contributed by atoms with E-state index in [9.17, 15) is 34.5 Å². The van der Waals surface area contributed by atoms with Crippen LogP contribution in [0.15, 0.2) is 85.2 Å². The summed E-state index contributed by atoms with van der Waals surface area (Å²) in [6, 6.07) is 20.9. The Morgan fingerprint density at radius 2 is 1.55 bits per heavy atom. The lowest BCUT2D eigenvalue weighted by atomic mass is 9.77. The molecule has 9 N–H and O–H groups in total. The molecule has 2 aliphatic rings. The summed E-state index contributed by atoms with van der Waals surface area (Å²) in [5, 5.41) is 42.7. The second-order valence-electron chi connectivity index (χ2n) is 18.1. The molecule has 0 fully saturated rings. The Kier molecular flexibility index (Phi) is 17.7. The third-order valence-corrected chi connectivity index (χ3v) is 14.5. The Balaban J connectivity index is 0.635. The first-order valence-corrected chi connectivity index (χ1v) is 26.7. The second kappa shape index (κ2) is 24.5. The molecule has 24 heteroatoms. The number of anilines is 2. The van der Waals surface area contributed by atoms with Gasteiger partial charge in [0, 0.05) is 82.9 Å². The fourth-order valence-electron chi connectivity index (χ4n) is 8.49. The highest BCUT2D eigenvalue weighted by Gasteiger charge is 2.53. The number of ether oxygens (including phenoxy) is 6. The molecule has 2 aliphatic heterocycles. The number of phenolic OH excluding ortho intramolecular Hbond substituents is 2. The number of thiocarbonyl (C=S) groups is 1. The highest BCUT2D eigenvalue weighted by molar-refractivity contribution is 8.76. The molecule has 6 aromatic rings. The van der Waals surface area contributed by atoms with E-state index < -0.39 is 35.6 Å². The number of fused-ring (bicyclic) bond motifs is 9. The number of aromatic nitrogens is 3. The van der Waals surface area contributed by atoms with Gasteiger partial charge in [0.2, 0.25) is 5.91 Å². The summed E-state index contributed by atoms with van der Waals surface area (Å²) in [6.07, 6.45) is 1.13. The van der Waals surface area contributed by atoms with Crippen LogP contribution in [0.5, 0.6) is 23.0 Å². The van der Waals surface area contributed by atoms with Crippen LogP contribution in [0.2, 0.25) is 0 Å². The van der Waals surface area contributed by atoms with Crippen LogP contribution in [0, 0.1) is 5.41 Å². The van der Waals surface area contributed by atoms with Gasteiger partial charge in [-0.2, -0.15) is 0 Å². The average molecular weight is 1090 g/mol. The highest BCUT2D eigenvalue weighted by atomic mass is 33.1. The number of alkyl carbamates (subject to hydrolysis) is 1. The number of benzene rings is 4. The van der Waals surface area contributed by atoms with Crippen LogP contribution in [-0.4, -0.2) is 136 Å². The molecule has 0 bridgehead atoms. The van der Waals surface area contributed by atoms with E-state index in [4.69, 9.17) is 46.4 Å². The molecule has 2 aromatic heterocycles. The van der Waals surface area contributed by atoms with Crippen LogP contribution < -0.4 is 31.7 Å². The van der Waals surface area contributed by atoms with Gasteiger partial charge in [-0.1, -0.05) is 59.7 Å². The molecule has 4 aromatic carbocycles. The van der Waals surface area contributed by atoms with Crippen molar-refractivity contribution in [2.45, 2.75) is 38.5 Å². The fourth-order valence-corrected chi connectivity index (χ4v) is 10.7. The summed E-state index contributed by atoms with van der Waals surface area (Å²) in [4.78, 5) is 59.1. The van der Waals surface area contributed by atoms with Gasteiger partial charge in [-0.3, -0.25) is 4.79 Å². The largest absolute Gasteiger partial charge is 0.508 e. The fraction of sp³-hybridized carbons (Fsp3) is 0.353. The molecule has 0 radical (unpaired) electrons. The summed E-state index contributed by atoms with van der Waals surface area (Å²) < 4.78 is 36.1. The lowest BCUT2D eigenvalue weighted by Crippen LogP contribution is -2.42. The van der Waals surface area contributed by atoms with Gasteiger partial charge in [-0.15, -0.1) is 0 Å². The van der Waals surface area contributed by atoms with Crippen molar-refractivity contribution in [1.29, 1.82) is 0 Å². The van der Waals surface area contributed by atoms with Crippen molar-refractivity contribution in [2.75, 3.05) is 81.9 Å². The third kappa shape index (κ3) is 13.2. The molecule has 2 amide bonds. The first-order chi connectivity index (χ1) is 36.1. The van der Waals surface area contributed by atoms with Crippen LogP contribution in [0.4, 0.5) is 16.3 Å². The van der Waals surface area contributed by atoms with E-state index >= 15 is 0 Å². The van der Waals surface area contributed by atoms with Crippen molar-refractivity contribution < 1.29 is 62.9 Å². The number of nitrogens with one attached hydrogen (secondary N) is 4. The molecule has 0 aliphatic carbocycles. The van der Waals surface area contributed by atoms with Gasteiger partial charge in [0.1, 0.15) is 41.2 Å². The summed E-state index contributed by atoms with van der Waals surface area (Å²) >= 11 is 5.47. The third-order valence-electron chi connectivity index (χ3n) is 11.9. The molecule has 0 saturated heterocycles.